The molecule has 0 bridgehead atoms. The standard InChI is InChI=1S/C21H20O2S/c1-24(19-13-7-3-8-14-19,20-15-9-4-10-16-20)21(22)23-17-18-11-5-2-6-12-18/h2-16H,17H2,1H3. The first-order valence-corrected chi connectivity index (χ1v) is 9.84. The first-order chi connectivity index (χ1) is 11.7. The van der Waals surface area contributed by atoms with Crippen molar-refractivity contribution in [2.45, 2.75) is 16.4 Å². The molecule has 0 radical (unpaired) electrons. The summed E-state index contributed by atoms with van der Waals surface area (Å²) in [5, 5.41) is -0.163. The number of rotatable bonds is 4. The van der Waals surface area contributed by atoms with Crippen LogP contribution in [-0.4, -0.2) is 11.6 Å². The number of carbonyl (C=O) groups excluding carboxylic acids is 1. The molecule has 3 aromatic rings. The van der Waals surface area contributed by atoms with Crippen LogP contribution in [0.1, 0.15) is 5.56 Å². The van der Waals surface area contributed by atoms with Crippen LogP contribution in [0.15, 0.2) is 101 Å². The Balaban J connectivity index is 1.92. The van der Waals surface area contributed by atoms with Gasteiger partial charge in [0, 0.05) is 9.79 Å². The van der Waals surface area contributed by atoms with Gasteiger partial charge in [0.15, 0.2) is 0 Å². The van der Waals surface area contributed by atoms with Crippen LogP contribution < -0.4 is 0 Å². The zero-order valence-electron chi connectivity index (χ0n) is 13.6. The molecule has 3 heteroatoms. The quantitative estimate of drug-likeness (QED) is 0.556. The number of ether oxygens (including phenoxy) is 1. The zero-order chi connectivity index (χ0) is 16.8. The van der Waals surface area contributed by atoms with Crippen molar-refractivity contribution in [2.24, 2.45) is 0 Å². The van der Waals surface area contributed by atoms with Crippen molar-refractivity contribution in [3.8, 4) is 0 Å². The van der Waals surface area contributed by atoms with Gasteiger partial charge in [-0.1, -0.05) is 76.8 Å². The van der Waals surface area contributed by atoms with E-state index in [-0.39, 0.29) is 5.30 Å². The highest BCUT2D eigenvalue weighted by Crippen LogP contribution is 2.60. The smallest absolute Gasteiger partial charge is 0.357 e. The molecule has 0 aliphatic carbocycles. The third kappa shape index (κ3) is 3.36. The number of hydrogen-bond donors (Lipinski definition) is 0. The summed E-state index contributed by atoms with van der Waals surface area (Å²) in [5.74, 6) is 0. The summed E-state index contributed by atoms with van der Waals surface area (Å²) in [6, 6.07) is 29.6. The molecule has 0 aliphatic rings. The fourth-order valence-corrected chi connectivity index (χ4v) is 4.90. The third-order valence-electron chi connectivity index (χ3n) is 3.96. The fraction of sp³-hybridized carbons (Fsp3) is 0.0952. The molecule has 3 aromatic carbocycles. The molecule has 0 heterocycles. The maximum atomic E-state index is 13.1. The van der Waals surface area contributed by atoms with Crippen molar-refractivity contribution >= 4 is 15.3 Å². The number of carbonyl (C=O) groups is 1. The highest BCUT2D eigenvalue weighted by atomic mass is 32.3. The average molecular weight is 336 g/mol. The number of hydrogen-bond acceptors (Lipinski definition) is 2. The lowest BCUT2D eigenvalue weighted by Gasteiger charge is -2.33. The summed E-state index contributed by atoms with van der Waals surface area (Å²) in [4.78, 5) is 15.1. The lowest BCUT2D eigenvalue weighted by molar-refractivity contribution is 0.167. The van der Waals surface area contributed by atoms with Crippen molar-refractivity contribution in [3.63, 3.8) is 0 Å². The van der Waals surface area contributed by atoms with Crippen molar-refractivity contribution < 1.29 is 9.53 Å². The molecular formula is C21H20O2S. The Bertz CT molecular complexity index is 746. The van der Waals surface area contributed by atoms with Crippen molar-refractivity contribution in [1.82, 2.24) is 0 Å². The van der Waals surface area contributed by atoms with Crippen molar-refractivity contribution in [2.75, 3.05) is 6.26 Å². The van der Waals surface area contributed by atoms with Crippen molar-refractivity contribution in [3.05, 3.63) is 96.6 Å². The molecule has 24 heavy (non-hydrogen) atoms. The van der Waals surface area contributed by atoms with Gasteiger partial charge < -0.3 is 4.74 Å². The Morgan fingerprint density at radius 3 is 1.62 bits per heavy atom. The summed E-state index contributed by atoms with van der Waals surface area (Å²) in [6.45, 7) is 0.294. The lowest BCUT2D eigenvalue weighted by Crippen LogP contribution is -2.14. The molecule has 0 saturated heterocycles. The summed E-state index contributed by atoms with van der Waals surface area (Å²) in [5.41, 5.74) is 0.994. The summed E-state index contributed by atoms with van der Waals surface area (Å²) >= 11 is 0. The van der Waals surface area contributed by atoms with Gasteiger partial charge in [-0.25, -0.2) is 4.79 Å². The molecule has 0 amide bonds. The second kappa shape index (κ2) is 7.37. The van der Waals surface area contributed by atoms with E-state index in [1.165, 1.54) is 0 Å². The summed E-state index contributed by atoms with van der Waals surface area (Å²) in [6.07, 6.45) is 2.00. The zero-order valence-corrected chi connectivity index (χ0v) is 14.4. The van der Waals surface area contributed by atoms with Crippen LogP contribution in [-0.2, 0) is 11.3 Å². The molecule has 3 rings (SSSR count). The maximum absolute atomic E-state index is 13.1. The Morgan fingerprint density at radius 2 is 1.17 bits per heavy atom. The van der Waals surface area contributed by atoms with E-state index < -0.39 is 10.0 Å². The molecule has 0 atom stereocenters. The van der Waals surface area contributed by atoms with Gasteiger partial charge in [-0.2, -0.15) is 0 Å². The molecule has 0 N–H and O–H groups in total. The third-order valence-corrected chi connectivity index (χ3v) is 7.18. The molecule has 0 fully saturated rings. The topological polar surface area (TPSA) is 26.3 Å². The van der Waals surface area contributed by atoms with E-state index in [2.05, 4.69) is 0 Å². The average Bonchev–Trinajstić information content (AvgIpc) is 2.67. The van der Waals surface area contributed by atoms with E-state index in [0.29, 0.717) is 6.61 Å². The lowest BCUT2D eigenvalue weighted by atomic mass is 10.2. The fourth-order valence-electron chi connectivity index (χ4n) is 2.55. The van der Waals surface area contributed by atoms with Gasteiger partial charge in [-0.15, -0.1) is 0 Å². The van der Waals surface area contributed by atoms with E-state index in [1.54, 1.807) is 0 Å². The van der Waals surface area contributed by atoms with Gasteiger partial charge >= 0.3 is 5.30 Å². The van der Waals surface area contributed by atoms with Crippen LogP contribution in [0.3, 0.4) is 0 Å². The first-order valence-electron chi connectivity index (χ1n) is 7.80. The van der Waals surface area contributed by atoms with Crippen molar-refractivity contribution in [1.29, 1.82) is 0 Å². The number of benzene rings is 3. The minimum absolute atomic E-state index is 0.163. The Hall–Kier alpha value is -2.52. The largest absolute Gasteiger partial charge is 0.453 e. The second-order valence-corrected chi connectivity index (χ2v) is 8.68. The van der Waals surface area contributed by atoms with Crippen LogP contribution >= 0.6 is 10.0 Å². The van der Waals surface area contributed by atoms with Gasteiger partial charge in [-0.3, -0.25) is 0 Å². The van der Waals surface area contributed by atoms with E-state index in [4.69, 9.17) is 4.74 Å². The van der Waals surface area contributed by atoms with Crippen LogP contribution in [0.2, 0.25) is 0 Å². The van der Waals surface area contributed by atoms with Crippen LogP contribution in [0, 0.1) is 0 Å². The van der Waals surface area contributed by atoms with Gasteiger partial charge in [0.25, 0.3) is 0 Å². The normalized spacial score (nSPS) is 11.7. The molecule has 0 unspecified atom stereocenters. The van der Waals surface area contributed by atoms with Gasteiger partial charge in [0.05, 0.1) is 0 Å². The molecule has 0 aromatic heterocycles. The van der Waals surface area contributed by atoms with E-state index in [1.807, 2.05) is 97.3 Å². The van der Waals surface area contributed by atoms with E-state index in [9.17, 15) is 4.79 Å². The first kappa shape index (κ1) is 16.3. The second-order valence-electron chi connectivity index (χ2n) is 5.57. The molecule has 0 aliphatic heterocycles. The van der Waals surface area contributed by atoms with Crippen LogP contribution in [0.4, 0.5) is 4.79 Å². The van der Waals surface area contributed by atoms with Gasteiger partial charge in [0.1, 0.15) is 6.61 Å². The minimum atomic E-state index is -1.91. The SMILES string of the molecule is CS(C(=O)OCc1ccccc1)(c1ccccc1)c1ccccc1. The van der Waals surface area contributed by atoms with Gasteiger partial charge in [-0.05, 0) is 36.1 Å². The summed E-state index contributed by atoms with van der Waals surface area (Å²) < 4.78 is 5.70. The summed E-state index contributed by atoms with van der Waals surface area (Å²) in [7, 11) is -1.91. The maximum Gasteiger partial charge on any atom is 0.357 e. The highest BCUT2D eigenvalue weighted by molar-refractivity contribution is 8.44. The highest BCUT2D eigenvalue weighted by Gasteiger charge is 2.33. The molecular weight excluding hydrogens is 316 g/mol. The Morgan fingerprint density at radius 1 is 0.750 bits per heavy atom. The predicted octanol–water partition coefficient (Wildman–Crippen LogP) is 5.88. The Kier molecular flexibility index (Phi) is 5.02. The Labute approximate surface area is 144 Å². The van der Waals surface area contributed by atoms with E-state index >= 15 is 0 Å². The van der Waals surface area contributed by atoms with Crippen LogP contribution in [0.25, 0.3) is 0 Å². The van der Waals surface area contributed by atoms with E-state index in [0.717, 1.165) is 15.4 Å². The molecule has 122 valence electrons. The molecule has 0 saturated carbocycles. The molecule has 2 nitrogen and oxygen atoms in total. The monoisotopic (exact) mass is 336 g/mol. The van der Waals surface area contributed by atoms with Gasteiger partial charge in [0.2, 0.25) is 0 Å². The molecule has 0 spiro atoms. The van der Waals surface area contributed by atoms with Crippen LogP contribution in [0.5, 0.6) is 0 Å². The minimum Gasteiger partial charge on any atom is -0.453 e. The predicted molar refractivity (Wildman–Crippen MR) is 99.6 cm³/mol.